The monoisotopic (exact) mass is 266 g/mol. The van der Waals surface area contributed by atoms with Crippen LogP contribution in [0, 0.1) is 11.3 Å². The summed E-state index contributed by atoms with van der Waals surface area (Å²) in [6.45, 7) is 12.6. The van der Waals surface area contributed by atoms with Gasteiger partial charge in [-0.1, -0.05) is 32.9 Å². The van der Waals surface area contributed by atoms with Gasteiger partial charge in [-0.2, -0.15) is 0 Å². The van der Waals surface area contributed by atoms with Crippen LogP contribution in [0.25, 0.3) is 0 Å². The standard InChI is InChI=1S/C14H26N4O/c1-10(2)12(19)13(3,4)14(5,6)18-9-11(8-15-7)16-17-18/h9-10,15H,8H2,1-7H3. The lowest BCUT2D eigenvalue weighted by molar-refractivity contribution is -0.136. The average molecular weight is 266 g/mol. The molecule has 0 radical (unpaired) electrons. The quantitative estimate of drug-likeness (QED) is 0.855. The largest absolute Gasteiger partial charge is 0.314 e. The molecular formula is C14H26N4O. The highest BCUT2D eigenvalue weighted by Crippen LogP contribution is 2.39. The number of carbonyl (C=O) groups is 1. The van der Waals surface area contributed by atoms with E-state index in [1.807, 2.05) is 54.8 Å². The molecule has 0 spiro atoms. The number of nitrogens with one attached hydrogen (secondary N) is 1. The smallest absolute Gasteiger partial charge is 0.143 e. The van der Waals surface area contributed by atoms with Crippen LogP contribution in [0.3, 0.4) is 0 Å². The maximum Gasteiger partial charge on any atom is 0.143 e. The van der Waals surface area contributed by atoms with E-state index in [0.717, 1.165) is 5.69 Å². The molecule has 0 atom stereocenters. The van der Waals surface area contributed by atoms with E-state index in [-0.39, 0.29) is 11.7 Å². The average Bonchev–Trinajstić information content (AvgIpc) is 2.77. The minimum Gasteiger partial charge on any atom is -0.314 e. The van der Waals surface area contributed by atoms with E-state index in [1.165, 1.54) is 0 Å². The van der Waals surface area contributed by atoms with Crippen molar-refractivity contribution < 1.29 is 4.79 Å². The van der Waals surface area contributed by atoms with Gasteiger partial charge in [-0.25, -0.2) is 4.68 Å². The van der Waals surface area contributed by atoms with E-state index >= 15 is 0 Å². The molecule has 0 unspecified atom stereocenters. The van der Waals surface area contributed by atoms with Crippen LogP contribution >= 0.6 is 0 Å². The number of carbonyl (C=O) groups excluding carboxylic acids is 1. The van der Waals surface area contributed by atoms with E-state index < -0.39 is 11.0 Å². The predicted octanol–water partition coefficient (Wildman–Crippen LogP) is 1.98. The molecule has 0 saturated heterocycles. The van der Waals surface area contributed by atoms with Gasteiger partial charge < -0.3 is 5.32 Å². The zero-order chi connectivity index (χ0) is 14.8. The number of nitrogens with zero attached hydrogens (tertiary/aromatic N) is 3. The summed E-state index contributed by atoms with van der Waals surface area (Å²) in [7, 11) is 1.87. The Balaban J connectivity index is 3.10. The van der Waals surface area contributed by atoms with Gasteiger partial charge in [0.2, 0.25) is 0 Å². The molecule has 0 aromatic carbocycles. The molecule has 108 valence electrons. The van der Waals surface area contributed by atoms with Gasteiger partial charge in [0.15, 0.2) is 0 Å². The van der Waals surface area contributed by atoms with Crippen molar-refractivity contribution in [2.75, 3.05) is 7.05 Å². The summed E-state index contributed by atoms with van der Waals surface area (Å²) in [6.07, 6.45) is 1.91. The fourth-order valence-electron chi connectivity index (χ4n) is 2.14. The van der Waals surface area contributed by atoms with Gasteiger partial charge in [0, 0.05) is 17.9 Å². The molecule has 0 amide bonds. The second-order valence-electron chi connectivity index (χ2n) is 6.39. The molecule has 0 aliphatic carbocycles. The Morgan fingerprint density at radius 3 is 2.42 bits per heavy atom. The van der Waals surface area contributed by atoms with Crippen molar-refractivity contribution in [1.82, 2.24) is 20.3 Å². The fraction of sp³-hybridized carbons (Fsp3) is 0.786. The minimum atomic E-state index is -0.508. The number of rotatable bonds is 6. The normalized spacial score (nSPS) is 13.1. The first-order valence-corrected chi connectivity index (χ1v) is 6.75. The van der Waals surface area contributed by atoms with Crippen molar-refractivity contribution in [3.05, 3.63) is 11.9 Å². The van der Waals surface area contributed by atoms with E-state index in [4.69, 9.17) is 0 Å². The third kappa shape index (κ3) is 2.86. The summed E-state index contributed by atoms with van der Waals surface area (Å²) in [5.74, 6) is 0.248. The van der Waals surface area contributed by atoms with Crippen molar-refractivity contribution in [1.29, 1.82) is 0 Å². The number of aromatic nitrogens is 3. The van der Waals surface area contributed by atoms with Gasteiger partial charge in [-0.05, 0) is 20.9 Å². The van der Waals surface area contributed by atoms with E-state index in [2.05, 4.69) is 15.6 Å². The van der Waals surface area contributed by atoms with E-state index in [9.17, 15) is 4.79 Å². The Bertz CT molecular complexity index is 446. The summed E-state index contributed by atoms with van der Waals surface area (Å²) in [5.41, 5.74) is -0.0533. The molecule has 1 rings (SSSR count). The van der Waals surface area contributed by atoms with Crippen molar-refractivity contribution >= 4 is 5.78 Å². The molecule has 1 aromatic rings. The number of ketones is 1. The van der Waals surface area contributed by atoms with Gasteiger partial charge in [0.25, 0.3) is 0 Å². The molecule has 1 N–H and O–H groups in total. The lowest BCUT2D eigenvalue weighted by atomic mass is 9.69. The fourth-order valence-corrected chi connectivity index (χ4v) is 2.14. The molecule has 1 aromatic heterocycles. The zero-order valence-corrected chi connectivity index (χ0v) is 13.1. The molecule has 5 heteroatoms. The lowest BCUT2D eigenvalue weighted by Gasteiger charge is -2.41. The van der Waals surface area contributed by atoms with Crippen LogP contribution in [0.15, 0.2) is 6.20 Å². The van der Waals surface area contributed by atoms with Crippen LogP contribution < -0.4 is 5.32 Å². The summed E-state index contributed by atoms with van der Waals surface area (Å²) in [5, 5.41) is 11.4. The van der Waals surface area contributed by atoms with Crippen molar-refractivity contribution in [2.45, 2.75) is 53.6 Å². The molecule has 0 aliphatic heterocycles. The molecular weight excluding hydrogens is 240 g/mol. The van der Waals surface area contributed by atoms with Gasteiger partial charge in [0.1, 0.15) is 5.78 Å². The number of hydrogen-bond acceptors (Lipinski definition) is 4. The molecule has 5 nitrogen and oxygen atoms in total. The van der Waals surface area contributed by atoms with Gasteiger partial charge in [-0.15, -0.1) is 5.10 Å². The Morgan fingerprint density at radius 1 is 1.37 bits per heavy atom. The second kappa shape index (κ2) is 5.41. The van der Waals surface area contributed by atoms with Crippen molar-refractivity contribution in [3.8, 4) is 0 Å². The molecule has 0 bridgehead atoms. The van der Waals surface area contributed by atoms with Gasteiger partial charge >= 0.3 is 0 Å². The minimum absolute atomic E-state index is 0.00887. The Kier molecular flexibility index (Phi) is 4.50. The van der Waals surface area contributed by atoms with E-state index in [1.54, 1.807) is 4.68 Å². The third-order valence-corrected chi connectivity index (χ3v) is 4.14. The summed E-state index contributed by atoms with van der Waals surface area (Å²) in [4.78, 5) is 12.4. The van der Waals surface area contributed by atoms with Crippen LogP contribution in [-0.2, 0) is 16.9 Å². The third-order valence-electron chi connectivity index (χ3n) is 4.14. The van der Waals surface area contributed by atoms with Crippen LogP contribution in [-0.4, -0.2) is 27.8 Å². The Hall–Kier alpha value is -1.23. The van der Waals surface area contributed by atoms with Gasteiger partial charge in [-0.3, -0.25) is 4.79 Å². The number of hydrogen-bond donors (Lipinski definition) is 1. The summed E-state index contributed by atoms with van der Waals surface area (Å²) < 4.78 is 1.81. The van der Waals surface area contributed by atoms with Crippen molar-refractivity contribution in [2.24, 2.45) is 11.3 Å². The van der Waals surface area contributed by atoms with Crippen LogP contribution in [0.1, 0.15) is 47.2 Å². The molecule has 19 heavy (non-hydrogen) atoms. The topological polar surface area (TPSA) is 59.8 Å². The Labute approximate surface area is 115 Å². The first-order chi connectivity index (χ1) is 8.64. The first-order valence-electron chi connectivity index (χ1n) is 6.75. The SMILES string of the molecule is CNCc1cn(C(C)(C)C(C)(C)C(=O)C(C)C)nn1. The number of Topliss-reactive ketones (excluding diaryl/α,β-unsaturated/α-hetero) is 1. The highest BCUT2D eigenvalue weighted by Gasteiger charge is 2.45. The highest BCUT2D eigenvalue weighted by molar-refractivity contribution is 5.86. The maximum atomic E-state index is 12.4. The zero-order valence-electron chi connectivity index (χ0n) is 13.1. The van der Waals surface area contributed by atoms with Crippen LogP contribution in [0.2, 0.25) is 0 Å². The summed E-state index contributed by atoms with van der Waals surface area (Å²) in [6, 6.07) is 0. The molecule has 0 saturated carbocycles. The van der Waals surface area contributed by atoms with Crippen LogP contribution in [0.4, 0.5) is 0 Å². The first kappa shape index (κ1) is 15.8. The predicted molar refractivity (Wildman–Crippen MR) is 75.7 cm³/mol. The van der Waals surface area contributed by atoms with E-state index in [0.29, 0.717) is 6.54 Å². The molecule has 1 heterocycles. The lowest BCUT2D eigenvalue weighted by Crippen LogP contribution is -2.49. The van der Waals surface area contributed by atoms with Gasteiger partial charge in [0.05, 0.1) is 17.4 Å². The maximum absolute atomic E-state index is 12.4. The molecule has 0 fully saturated rings. The van der Waals surface area contributed by atoms with Crippen LogP contribution in [0.5, 0.6) is 0 Å². The highest BCUT2D eigenvalue weighted by atomic mass is 16.1. The van der Waals surface area contributed by atoms with Crippen molar-refractivity contribution in [3.63, 3.8) is 0 Å². The summed E-state index contributed by atoms with van der Waals surface area (Å²) >= 11 is 0. The molecule has 0 aliphatic rings. The Morgan fingerprint density at radius 2 is 1.95 bits per heavy atom. The second-order valence-corrected chi connectivity index (χ2v) is 6.39.